The molecule has 23 heavy (non-hydrogen) atoms. The Bertz CT molecular complexity index is 522. The van der Waals surface area contributed by atoms with Gasteiger partial charge >= 0.3 is 6.09 Å². The Hall–Kier alpha value is -1.33. The molecule has 1 aromatic heterocycles. The van der Waals surface area contributed by atoms with Crippen LogP contribution in [-0.2, 0) is 16.7 Å². The van der Waals surface area contributed by atoms with Crippen LogP contribution < -0.4 is 10.6 Å². The Morgan fingerprint density at radius 3 is 2.35 bits per heavy atom. The summed E-state index contributed by atoms with van der Waals surface area (Å²) in [7, 11) is 0. The van der Waals surface area contributed by atoms with E-state index in [2.05, 4.69) is 43.5 Å². The van der Waals surface area contributed by atoms with Gasteiger partial charge in [-0.05, 0) is 38.3 Å². The topological polar surface area (TPSA) is 50.4 Å². The summed E-state index contributed by atoms with van der Waals surface area (Å²) in [6.07, 6.45) is 3.55. The smallest absolute Gasteiger partial charge is 0.407 e. The quantitative estimate of drug-likeness (QED) is 0.603. The number of alkyl carbamates (subject to hydrolysis) is 1. The second-order valence-corrected chi connectivity index (χ2v) is 8.67. The Labute approximate surface area is 144 Å². The monoisotopic (exact) mass is 338 g/mol. The molecule has 0 atom stereocenters. The average Bonchev–Trinajstić information content (AvgIpc) is 2.84. The zero-order valence-corrected chi connectivity index (χ0v) is 16.0. The number of ether oxygens (including phenoxy) is 1. The lowest BCUT2D eigenvalue weighted by atomic mass is 9.95. The molecule has 0 bridgehead atoms. The first-order valence-electron chi connectivity index (χ1n) is 8.00. The number of carbonyl (C=O) groups excluding carboxylic acids is 1. The normalized spacial score (nSPS) is 12.6. The van der Waals surface area contributed by atoms with Crippen LogP contribution in [0.4, 0.5) is 4.79 Å². The Morgan fingerprint density at radius 2 is 1.78 bits per heavy atom. The predicted molar refractivity (Wildman–Crippen MR) is 98.1 cm³/mol. The van der Waals surface area contributed by atoms with Gasteiger partial charge in [0.25, 0.3) is 0 Å². The van der Waals surface area contributed by atoms with E-state index in [1.807, 2.05) is 44.3 Å². The highest BCUT2D eigenvalue weighted by molar-refractivity contribution is 7.12. The summed E-state index contributed by atoms with van der Waals surface area (Å²) < 4.78 is 5.15. The molecule has 0 aromatic carbocycles. The molecule has 0 fully saturated rings. The van der Waals surface area contributed by atoms with Crippen molar-refractivity contribution >= 4 is 17.4 Å². The SMILES string of the molecule is CC(C)(C)OC(=O)NC/C=C/CNCc1ccc(C(C)(C)C)s1. The number of amides is 1. The van der Waals surface area contributed by atoms with E-state index >= 15 is 0 Å². The van der Waals surface area contributed by atoms with Gasteiger partial charge in [-0.15, -0.1) is 11.3 Å². The molecule has 0 radical (unpaired) electrons. The molecule has 130 valence electrons. The van der Waals surface area contributed by atoms with E-state index in [-0.39, 0.29) is 11.5 Å². The largest absolute Gasteiger partial charge is 0.444 e. The third kappa shape index (κ3) is 8.77. The fourth-order valence-corrected chi connectivity index (χ4v) is 2.81. The van der Waals surface area contributed by atoms with Gasteiger partial charge in [0.05, 0.1) is 0 Å². The highest BCUT2D eigenvalue weighted by atomic mass is 32.1. The van der Waals surface area contributed by atoms with E-state index in [0.717, 1.165) is 13.1 Å². The summed E-state index contributed by atoms with van der Waals surface area (Å²) in [5, 5.41) is 6.07. The molecule has 1 amide bonds. The van der Waals surface area contributed by atoms with Crippen molar-refractivity contribution in [2.75, 3.05) is 13.1 Å². The summed E-state index contributed by atoms with van der Waals surface area (Å²) >= 11 is 1.86. The van der Waals surface area contributed by atoms with Crippen molar-refractivity contribution in [3.05, 3.63) is 34.0 Å². The molecule has 0 saturated carbocycles. The molecule has 0 aliphatic heterocycles. The molecule has 0 unspecified atom stereocenters. The predicted octanol–water partition coefficient (Wildman–Crippen LogP) is 4.22. The van der Waals surface area contributed by atoms with Crippen LogP contribution >= 0.6 is 11.3 Å². The molecular formula is C18H30N2O2S. The van der Waals surface area contributed by atoms with Crippen molar-refractivity contribution in [2.24, 2.45) is 0 Å². The van der Waals surface area contributed by atoms with Crippen molar-refractivity contribution in [1.29, 1.82) is 0 Å². The van der Waals surface area contributed by atoms with Crippen molar-refractivity contribution in [1.82, 2.24) is 10.6 Å². The van der Waals surface area contributed by atoms with Gasteiger partial charge in [0, 0.05) is 29.4 Å². The lowest BCUT2D eigenvalue weighted by Gasteiger charge is -2.19. The fourth-order valence-electron chi connectivity index (χ4n) is 1.78. The van der Waals surface area contributed by atoms with E-state index in [1.165, 1.54) is 9.75 Å². The highest BCUT2D eigenvalue weighted by Crippen LogP contribution is 2.29. The Balaban J connectivity index is 2.18. The zero-order valence-electron chi connectivity index (χ0n) is 15.2. The molecule has 0 saturated heterocycles. The maximum Gasteiger partial charge on any atom is 0.407 e. The summed E-state index contributed by atoms with van der Waals surface area (Å²) in [5.74, 6) is 0. The standard InChI is InChI=1S/C18H30N2O2S/c1-17(2,3)15-10-9-14(23-15)13-19-11-7-8-12-20-16(21)22-18(4,5)6/h7-10,19H,11-13H2,1-6H3,(H,20,21)/b8-7+. The van der Waals surface area contributed by atoms with Crippen LogP contribution in [0.5, 0.6) is 0 Å². The minimum absolute atomic E-state index is 0.218. The second kappa shape index (κ2) is 8.50. The van der Waals surface area contributed by atoms with E-state index < -0.39 is 5.60 Å². The van der Waals surface area contributed by atoms with Crippen LogP contribution in [-0.4, -0.2) is 24.8 Å². The third-order valence-electron chi connectivity index (χ3n) is 2.89. The molecule has 0 aliphatic carbocycles. The molecule has 5 heteroatoms. The average molecular weight is 339 g/mol. The number of hydrogen-bond donors (Lipinski definition) is 2. The first kappa shape index (κ1) is 19.7. The maximum atomic E-state index is 11.4. The summed E-state index contributed by atoms with van der Waals surface area (Å²) in [5.41, 5.74) is -0.238. The Morgan fingerprint density at radius 1 is 1.13 bits per heavy atom. The van der Waals surface area contributed by atoms with Gasteiger partial charge in [0.15, 0.2) is 0 Å². The van der Waals surface area contributed by atoms with Gasteiger partial charge in [-0.2, -0.15) is 0 Å². The lowest BCUT2D eigenvalue weighted by molar-refractivity contribution is 0.0534. The van der Waals surface area contributed by atoms with Gasteiger partial charge in [-0.3, -0.25) is 0 Å². The number of hydrogen-bond acceptors (Lipinski definition) is 4. The van der Waals surface area contributed by atoms with E-state index in [1.54, 1.807) is 0 Å². The van der Waals surface area contributed by atoms with Gasteiger partial charge < -0.3 is 15.4 Å². The van der Waals surface area contributed by atoms with Crippen molar-refractivity contribution < 1.29 is 9.53 Å². The fraction of sp³-hybridized carbons (Fsp3) is 0.611. The molecule has 1 rings (SSSR count). The Kier molecular flexibility index (Phi) is 7.29. The van der Waals surface area contributed by atoms with Gasteiger partial charge in [0.2, 0.25) is 0 Å². The van der Waals surface area contributed by atoms with Gasteiger partial charge in [-0.1, -0.05) is 32.9 Å². The first-order chi connectivity index (χ1) is 10.6. The number of carbonyl (C=O) groups is 1. The minimum atomic E-state index is -0.456. The van der Waals surface area contributed by atoms with Crippen molar-refractivity contribution in [3.8, 4) is 0 Å². The summed E-state index contributed by atoms with van der Waals surface area (Å²) in [4.78, 5) is 14.2. The van der Waals surface area contributed by atoms with Crippen LogP contribution in [0.25, 0.3) is 0 Å². The molecular weight excluding hydrogens is 308 g/mol. The molecule has 2 N–H and O–H groups in total. The second-order valence-electron chi connectivity index (χ2n) is 7.50. The summed E-state index contributed by atoms with van der Waals surface area (Å²) in [6, 6.07) is 4.40. The van der Waals surface area contributed by atoms with Crippen LogP contribution in [0.2, 0.25) is 0 Å². The van der Waals surface area contributed by atoms with Crippen molar-refractivity contribution in [2.45, 2.75) is 59.1 Å². The molecule has 1 aromatic rings. The van der Waals surface area contributed by atoms with Gasteiger partial charge in [0.1, 0.15) is 5.60 Å². The molecule has 4 nitrogen and oxygen atoms in total. The van der Waals surface area contributed by atoms with Crippen LogP contribution in [0.15, 0.2) is 24.3 Å². The number of nitrogens with one attached hydrogen (secondary N) is 2. The van der Waals surface area contributed by atoms with E-state index in [0.29, 0.717) is 6.54 Å². The summed E-state index contributed by atoms with van der Waals surface area (Å²) in [6.45, 7) is 14.4. The van der Waals surface area contributed by atoms with E-state index in [4.69, 9.17) is 4.74 Å². The van der Waals surface area contributed by atoms with Crippen LogP contribution in [0.3, 0.4) is 0 Å². The third-order valence-corrected chi connectivity index (χ3v) is 4.40. The number of rotatable bonds is 6. The van der Waals surface area contributed by atoms with Crippen LogP contribution in [0, 0.1) is 0 Å². The molecule has 0 aliphatic rings. The van der Waals surface area contributed by atoms with Gasteiger partial charge in [-0.25, -0.2) is 4.79 Å². The lowest BCUT2D eigenvalue weighted by Crippen LogP contribution is -2.32. The molecule has 0 spiro atoms. The highest BCUT2D eigenvalue weighted by Gasteiger charge is 2.16. The maximum absolute atomic E-state index is 11.4. The first-order valence-corrected chi connectivity index (χ1v) is 8.81. The zero-order chi connectivity index (χ0) is 17.5. The van der Waals surface area contributed by atoms with E-state index in [9.17, 15) is 4.79 Å². The minimum Gasteiger partial charge on any atom is -0.444 e. The van der Waals surface area contributed by atoms with Crippen LogP contribution in [0.1, 0.15) is 51.3 Å². The van der Waals surface area contributed by atoms with Crippen molar-refractivity contribution in [3.63, 3.8) is 0 Å². The molecule has 1 heterocycles. The number of thiophene rings is 1.